The summed E-state index contributed by atoms with van der Waals surface area (Å²) in [5, 5.41) is 1.37. The highest BCUT2D eigenvalue weighted by Gasteiger charge is 2.47. The lowest BCUT2D eigenvalue weighted by atomic mass is 10.0. The normalized spacial score (nSPS) is 22.9. The van der Waals surface area contributed by atoms with Crippen molar-refractivity contribution in [1.29, 1.82) is 0 Å². The number of carbonyl (C=O) groups is 3. The smallest absolute Gasteiger partial charge is 0.309 e. The minimum absolute atomic E-state index is 0.0470. The molecule has 2 heterocycles. The summed E-state index contributed by atoms with van der Waals surface area (Å²) in [6.07, 6.45) is 1.59. The summed E-state index contributed by atoms with van der Waals surface area (Å²) in [7, 11) is 0. The second-order valence-corrected chi connectivity index (χ2v) is 5.52. The molecular formula is C15H18N4O4. The van der Waals surface area contributed by atoms with Crippen molar-refractivity contribution in [2.24, 2.45) is 0 Å². The molecule has 8 nitrogen and oxygen atoms in total. The van der Waals surface area contributed by atoms with E-state index in [0.717, 1.165) is 5.56 Å². The summed E-state index contributed by atoms with van der Waals surface area (Å²) in [6, 6.07) is 8.64. The number of piperidine rings is 1. The van der Waals surface area contributed by atoms with Gasteiger partial charge >= 0.3 is 6.03 Å². The standard InChI is InChI=1S/C15H18N4O4/c20-10-16-17-14(21)13-7-6-12-8-18(13)15(22)19(12)23-9-11-4-2-1-3-5-11/h1-5,10,12-13H,6-9H2,(H,16,20)(H,17,21). The largest absolute Gasteiger partial charge is 0.345 e. The van der Waals surface area contributed by atoms with Crippen LogP contribution in [0.3, 0.4) is 0 Å². The van der Waals surface area contributed by atoms with Gasteiger partial charge in [0, 0.05) is 6.54 Å². The van der Waals surface area contributed by atoms with Gasteiger partial charge in [0.2, 0.25) is 6.41 Å². The van der Waals surface area contributed by atoms with E-state index in [1.807, 2.05) is 30.3 Å². The van der Waals surface area contributed by atoms with Crippen molar-refractivity contribution in [3.63, 3.8) is 0 Å². The van der Waals surface area contributed by atoms with Crippen LogP contribution in [0.5, 0.6) is 0 Å². The molecule has 2 aliphatic rings. The number of fused-ring (bicyclic) bond motifs is 2. The molecule has 0 aliphatic carbocycles. The molecule has 4 amide bonds. The van der Waals surface area contributed by atoms with Gasteiger partial charge in [-0.1, -0.05) is 30.3 Å². The van der Waals surface area contributed by atoms with Gasteiger partial charge in [0.15, 0.2) is 0 Å². The van der Waals surface area contributed by atoms with Crippen LogP contribution in [0.15, 0.2) is 30.3 Å². The SMILES string of the molecule is O=CNNC(=O)C1CCC2CN1C(=O)N2OCc1ccccc1. The molecule has 122 valence electrons. The third-order valence-corrected chi connectivity index (χ3v) is 4.09. The summed E-state index contributed by atoms with van der Waals surface area (Å²) < 4.78 is 0. The molecule has 0 saturated carbocycles. The van der Waals surface area contributed by atoms with E-state index in [0.29, 0.717) is 32.4 Å². The Bertz CT molecular complexity index is 594. The summed E-state index contributed by atoms with van der Waals surface area (Å²) in [5.74, 6) is -0.395. The van der Waals surface area contributed by atoms with Gasteiger partial charge in [0.25, 0.3) is 5.91 Å². The Hall–Kier alpha value is -2.61. The lowest BCUT2D eigenvalue weighted by Gasteiger charge is -2.28. The van der Waals surface area contributed by atoms with Crippen molar-refractivity contribution in [3.05, 3.63) is 35.9 Å². The first-order valence-electron chi connectivity index (χ1n) is 7.46. The molecule has 2 unspecified atom stereocenters. The maximum atomic E-state index is 12.5. The first kappa shape index (κ1) is 15.3. The number of hydrogen-bond acceptors (Lipinski definition) is 4. The van der Waals surface area contributed by atoms with Crippen molar-refractivity contribution in [2.45, 2.75) is 31.5 Å². The van der Waals surface area contributed by atoms with Crippen LogP contribution >= 0.6 is 0 Å². The number of carbonyl (C=O) groups excluding carboxylic acids is 3. The predicted molar refractivity (Wildman–Crippen MR) is 79.3 cm³/mol. The first-order valence-corrected chi connectivity index (χ1v) is 7.46. The molecule has 2 N–H and O–H groups in total. The molecule has 3 rings (SSSR count). The highest BCUT2D eigenvalue weighted by molar-refractivity contribution is 5.88. The Morgan fingerprint density at radius 2 is 2.09 bits per heavy atom. The number of hydrogen-bond donors (Lipinski definition) is 2. The topological polar surface area (TPSA) is 91.0 Å². The van der Waals surface area contributed by atoms with Crippen molar-refractivity contribution in [3.8, 4) is 0 Å². The molecule has 2 aliphatic heterocycles. The molecule has 2 fully saturated rings. The van der Waals surface area contributed by atoms with Gasteiger partial charge in [-0.3, -0.25) is 25.3 Å². The van der Waals surface area contributed by atoms with E-state index in [1.165, 1.54) is 9.96 Å². The minimum atomic E-state index is -0.587. The molecule has 1 aromatic rings. The zero-order valence-electron chi connectivity index (χ0n) is 12.5. The van der Waals surface area contributed by atoms with Crippen molar-refractivity contribution in [1.82, 2.24) is 20.8 Å². The number of urea groups is 1. The van der Waals surface area contributed by atoms with Crippen LogP contribution < -0.4 is 10.9 Å². The monoisotopic (exact) mass is 318 g/mol. The van der Waals surface area contributed by atoms with Crippen LogP contribution in [0.1, 0.15) is 18.4 Å². The van der Waals surface area contributed by atoms with Gasteiger partial charge < -0.3 is 4.90 Å². The zero-order chi connectivity index (χ0) is 16.2. The quantitative estimate of drug-likeness (QED) is 0.577. The Kier molecular flexibility index (Phi) is 4.42. The number of nitrogens with zero attached hydrogens (tertiary/aromatic N) is 2. The summed E-state index contributed by atoms with van der Waals surface area (Å²) in [6.45, 7) is 0.757. The van der Waals surface area contributed by atoms with Crippen LogP contribution in [0.25, 0.3) is 0 Å². The molecule has 0 radical (unpaired) electrons. The number of rotatable bonds is 6. The second-order valence-electron chi connectivity index (χ2n) is 5.52. The third-order valence-electron chi connectivity index (χ3n) is 4.09. The van der Waals surface area contributed by atoms with Crippen LogP contribution in [0.2, 0.25) is 0 Å². The highest BCUT2D eigenvalue weighted by Crippen LogP contribution is 2.30. The van der Waals surface area contributed by atoms with Gasteiger partial charge in [0.1, 0.15) is 12.6 Å². The zero-order valence-corrected chi connectivity index (χ0v) is 12.5. The van der Waals surface area contributed by atoms with Crippen LogP contribution in [-0.2, 0) is 21.0 Å². The fourth-order valence-electron chi connectivity index (χ4n) is 2.97. The van der Waals surface area contributed by atoms with Gasteiger partial charge in [-0.05, 0) is 18.4 Å². The molecule has 2 atom stereocenters. The lowest BCUT2D eigenvalue weighted by Crippen LogP contribution is -2.52. The van der Waals surface area contributed by atoms with E-state index in [4.69, 9.17) is 4.84 Å². The molecule has 1 aromatic carbocycles. The van der Waals surface area contributed by atoms with Gasteiger partial charge in [-0.15, -0.1) is 0 Å². The number of hydroxylamine groups is 2. The first-order chi connectivity index (χ1) is 11.2. The fraction of sp³-hybridized carbons (Fsp3) is 0.400. The summed E-state index contributed by atoms with van der Waals surface area (Å²) >= 11 is 0. The maximum Gasteiger partial charge on any atom is 0.345 e. The fourth-order valence-corrected chi connectivity index (χ4v) is 2.97. The number of benzene rings is 1. The van der Waals surface area contributed by atoms with Gasteiger partial charge in [0.05, 0.1) is 6.04 Å². The van der Waals surface area contributed by atoms with E-state index in [2.05, 4.69) is 10.9 Å². The molecule has 23 heavy (non-hydrogen) atoms. The number of amides is 4. The lowest BCUT2D eigenvalue weighted by molar-refractivity contribution is -0.140. The molecule has 0 aromatic heterocycles. The molecule has 2 bridgehead atoms. The maximum absolute atomic E-state index is 12.5. The van der Waals surface area contributed by atoms with E-state index in [-0.39, 0.29) is 12.1 Å². The van der Waals surface area contributed by atoms with Crippen LogP contribution in [-0.4, -0.2) is 46.9 Å². The van der Waals surface area contributed by atoms with E-state index in [9.17, 15) is 14.4 Å². The van der Waals surface area contributed by atoms with Crippen molar-refractivity contribution in [2.75, 3.05) is 6.54 Å². The van der Waals surface area contributed by atoms with Crippen LogP contribution in [0.4, 0.5) is 4.79 Å². The Morgan fingerprint density at radius 1 is 1.30 bits per heavy atom. The number of nitrogens with one attached hydrogen (secondary N) is 2. The van der Waals surface area contributed by atoms with E-state index in [1.54, 1.807) is 0 Å². The molecule has 8 heteroatoms. The van der Waals surface area contributed by atoms with Gasteiger partial charge in [-0.2, -0.15) is 5.06 Å². The Balaban J connectivity index is 1.62. The Labute approximate surface area is 133 Å². The highest BCUT2D eigenvalue weighted by atomic mass is 16.7. The average Bonchev–Trinajstić information content (AvgIpc) is 2.83. The summed E-state index contributed by atoms with van der Waals surface area (Å²) in [4.78, 5) is 41.8. The molecular weight excluding hydrogens is 300 g/mol. The molecule has 2 saturated heterocycles. The second kappa shape index (κ2) is 6.66. The molecule has 0 spiro atoms. The van der Waals surface area contributed by atoms with Crippen molar-refractivity contribution < 1.29 is 19.2 Å². The van der Waals surface area contributed by atoms with Crippen LogP contribution in [0, 0.1) is 0 Å². The number of hydrazine groups is 1. The van der Waals surface area contributed by atoms with E-state index >= 15 is 0 Å². The Morgan fingerprint density at radius 3 is 2.83 bits per heavy atom. The van der Waals surface area contributed by atoms with Gasteiger partial charge in [-0.25, -0.2) is 4.79 Å². The minimum Gasteiger partial charge on any atom is -0.309 e. The third kappa shape index (κ3) is 3.11. The predicted octanol–water partition coefficient (Wildman–Crippen LogP) is 0.164. The van der Waals surface area contributed by atoms with Crippen molar-refractivity contribution >= 4 is 18.3 Å². The van der Waals surface area contributed by atoms with E-state index < -0.39 is 11.9 Å². The average molecular weight is 318 g/mol. The summed E-state index contributed by atoms with van der Waals surface area (Å²) in [5.41, 5.74) is 5.35.